The third kappa shape index (κ3) is 8.11. The maximum Gasteiger partial charge on any atom is 0.573 e. The number of hydrogen-bond donors (Lipinski definition) is 0. The van der Waals surface area contributed by atoms with Gasteiger partial charge in [0.05, 0.1) is 18.6 Å². The van der Waals surface area contributed by atoms with E-state index in [2.05, 4.69) is 25.7 Å². The molecule has 13 heteroatoms. The number of alkyl halides is 3. The van der Waals surface area contributed by atoms with Gasteiger partial charge in [-0.25, -0.2) is 0 Å². The molecule has 0 N–H and O–H groups in total. The summed E-state index contributed by atoms with van der Waals surface area (Å²) in [5.41, 5.74) is -0.199. The summed E-state index contributed by atoms with van der Waals surface area (Å²) in [5, 5.41) is 10.9. The van der Waals surface area contributed by atoms with E-state index in [1.165, 1.54) is 22.9 Å². The number of hydrogen-bond acceptors (Lipinski definition) is 7. The van der Waals surface area contributed by atoms with Crippen molar-refractivity contribution in [2.24, 2.45) is 5.41 Å². The Hall–Kier alpha value is -2.67. The highest BCUT2D eigenvalue weighted by Gasteiger charge is 2.31. The number of nitro groups is 1. The molecular formula is C19H21BrF3N3O6. The van der Waals surface area contributed by atoms with Gasteiger partial charge in [-0.05, 0) is 48.4 Å². The molecule has 0 aliphatic carbocycles. The Kier molecular flexibility index (Phi) is 8.24. The van der Waals surface area contributed by atoms with Gasteiger partial charge >= 0.3 is 18.1 Å². The number of esters is 1. The summed E-state index contributed by atoms with van der Waals surface area (Å²) in [6.45, 7) is 4.96. The van der Waals surface area contributed by atoms with Gasteiger partial charge in [0.2, 0.25) is 0 Å². The van der Waals surface area contributed by atoms with Crippen LogP contribution < -0.4 is 4.74 Å². The summed E-state index contributed by atoms with van der Waals surface area (Å²) in [6.07, 6.45) is -4.31. The fourth-order valence-electron chi connectivity index (χ4n) is 2.36. The molecule has 1 aromatic heterocycles. The predicted octanol–water partition coefficient (Wildman–Crippen LogP) is 4.63. The molecule has 1 aromatic carbocycles. The van der Waals surface area contributed by atoms with Crippen molar-refractivity contribution in [3.8, 4) is 5.75 Å². The SMILES string of the molecule is CC(C)(C)C(=O)OC[C@@H](Cn1cc([N+](=O)[O-])nc1Br)OCc1ccc(OC(F)(F)F)cc1. The Morgan fingerprint density at radius 1 is 1.25 bits per heavy atom. The van der Waals surface area contributed by atoms with Gasteiger partial charge in [0.1, 0.15) is 24.7 Å². The number of benzene rings is 1. The normalized spacial score (nSPS) is 13.0. The molecule has 0 bridgehead atoms. The average molecular weight is 524 g/mol. The minimum atomic E-state index is -4.79. The van der Waals surface area contributed by atoms with Crippen molar-refractivity contribution >= 4 is 27.7 Å². The molecule has 0 radical (unpaired) electrons. The van der Waals surface area contributed by atoms with Crippen molar-refractivity contribution in [2.75, 3.05) is 6.61 Å². The number of ether oxygens (including phenoxy) is 3. The Labute approximate surface area is 189 Å². The minimum Gasteiger partial charge on any atom is -0.462 e. The van der Waals surface area contributed by atoms with E-state index in [0.717, 1.165) is 12.1 Å². The van der Waals surface area contributed by atoms with Crippen LogP contribution >= 0.6 is 15.9 Å². The van der Waals surface area contributed by atoms with Crippen molar-refractivity contribution in [1.82, 2.24) is 9.55 Å². The monoisotopic (exact) mass is 523 g/mol. The maximum absolute atomic E-state index is 12.3. The molecule has 2 rings (SSSR count). The number of carbonyl (C=O) groups excluding carboxylic acids is 1. The van der Waals surface area contributed by atoms with Crippen LogP contribution in [-0.4, -0.2) is 39.5 Å². The molecule has 9 nitrogen and oxygen atoms in total. The molecular weight excluding hydrogens is 503 g/mol. The zero-order valence-corrected chi connectivity index (χ0v) is 19.0. The average Bonchev–Trinajstić information content (AvgIpc) is 3.03. The molecule has 0 unspecified atom stereocenters. The molecule has 1 atom stereocenters. The first-order chi connectivity index (χ1) is 14.7. The van der Waals surface area contributed by atoms with Gasteiger partial charge in [0.15, 0.2) is 0 Å². The lowest BCUT2D eigenvalue weighted by Gasteiger charge is -2.22. The molecule has 0 saturated carbocycles. The fraction of sp³-hybridized carbons (Fsp3) is 0.474. The smallest absolute Gasteiger partial charge is 0.462 e. The Morgan fingerprint density at radius 3 is 2.38 bits per heavy atom. The summed E-state index contributed by atoms with van der Waals surface area (Å²) in [7, 11) is 0. The molecule has 0 saturated heterocycles. The van der Waals surface area contributed by atoms with Gasteiger partial charge in [-0.2, -0.15) is 0 Å². The summed E-state index contributed by atoms with van der Waals surface area (Å²) >= 11 is 3.13. The molecule has 0 fully saturated rings. The van der Waals surface area contributed by atoms with Gasteiger partial charge in [0.25, 0.3) is 4.73 Å². The first kappa shape index (κ1) is 25.6. The Balaban J connectivity index is 2.08. The third-order valence-electron chi connectivity index (χ3n) is 3.96. The minimum absolute atomic E-state index is 0.0154. The number of nitrogens with zero attached hydrogens (tertiary/aromatic N) is 3. The molecule has 176 valence electrons. The standard InChI is InChI=1S/C19H21BrF3N3O6/c1-18(2,3)16(27)31-11-14(8-25-9-15(26(28)29)24-17(25)20)30-10-12-4-6-13(7-5-12)32-19(21,22)23/h4-7,9,14H,8,10-11H2,1-3H3/t14-/m1/s1. The van der Waals surface area contributed by atoms with Gasteiger partial charge in [-0.3, -0.25) is 9.36 Å². The van der Waals surface area contributed by atoms with Crippen LogP contribution in [0.25, 0.3) is 0 Å². The molecule has 0 amide bonds. The van der Waals surface area contributed by atoms with E-state index in [1.807, 2.05) is 0 Å². The molecule has 0 spiro atoms. The quantitative estimate of drug-likeness (QED) is 0.268. The lowest BCUT2D eigenvalue weighted by atomic mass is 9.97. The van der Waals surface area contributed by atoms with Crippen LogP contribution in [0.2, 0.25) is 0 Å². The third-order valence-corrected chi connectivity index (χ3v) is 4.59. The van der Waals surface area contributed by atoms with Crippen molar-refractivity contribution in [2.45, 2.75) is 46.4 Å². The second kappa shape index (κ2) is 10.3. The first-order valence-electron chi connectivity index (χ1n) is 9.25. The number of aromatic nitrogens is 2. The molecule has 2 aromatic rings. The van der Waals surface area contributed by atoms with E-state index < -0.39 is 28.8 Å². The fourth-order valence-corrected chi connectivity index (χ4v) is 2.78. The van der Waals surface area contributed by atoms with Crippen LogP contribution in [0.4, 0.5) is 19.0 Å². The van der Waals surface area contributed by atoms with Crippen LogP contribution in [0.5, 0.6) is 5.75 Å². The number of carbonyl (C=O) groups is 1. The van der Waals surface area contributed by atoms with E-state index in [0.29, 0.717) is 5.56 Å². The highest BCUT2D eigenvalue weighted by Crippen LogP contribution is 2.23. The molecule has 0 aliphatic rings. The number of halogens is 4. The molecule has 32 heavy (non-hydrogen) atoms. The second-order valence-electron chi connectivity index (χ2n) is 7.75. The van der Waals surface area contributed by atoms with Crippen molar-refractivity contribution < 1.29 is 37.1 Å². The topological polar surface area (TPSA) is 106 Å². The summed E-state index contributed by atoms with van der Waals surface area (Å²) < 4.78 is 53.4. The van der Waals surface area contributed by atoms with Gasteiger partial charge in [-0.15, -0.1) is 13.2 Å². The number of rotatable bonds is 9. The van der Waals surface area contributed by atoms with Crippen molar-refractivity contribution in [3.63, 3.8) is 0 Å². The number of imidazole rings is 1. The summed E-state index contributed by atoms with van der Waals surface area (Å²) in [4.78, 5) is 26.2. The second-order valence-corrected chi connectivity index (χ2v) is 8.46. The van der Waals surface area contributed by atoms with Crippen LogP contribution in [0.1, 0.15) is 26.3 Å². The van der Waals surface area contributed by atoms with Gasteiger partial charge < -0.3 is 24.3 Å². The lowest BCUT2D eigenvalue weighted by molar-refractivity contribution is -0.389. The summed E-state index contributed by atoms with van der Waals surface area (Å²) in [5.74, 6) is -1.20. The predicted molar refractivity (Wildman–Crippen MR) is 109 cm³/mol. The van der Waals surface area contributed by atoms with Gasteiger partial charge in [-0.1, -0.05) is 12.1 Å². The Morgan fingerprint density at radius 2 is 1.88 bits per heavy atom. The zero-order chi connectivity index (χ0) is 24.1. The van der Waals surface area contributed by atoms with E-state index in [4.69, 9.17) is 9.47 Å². The van der Waals surface area contributed by atoms with Gasteiger partial charge in [0, 0.05) is 15.9 Å². The van der Waals surface area contributed by atoms with E-state index in [1.54, 1.807) is 20.8 Å². The largest absolute Gasteiger partial charge is 0.573 e. The maximum atomic E-state index is 12.3. The van der Waals surface area contributed by atoms with E-state index in [9.17, 15) is 28.1 Å². The van der Waals surface area contributed by atoms with Crippen LogP contribution in [-0.2, 0) is 27.4 Å². The van der Waals surface area contributed by atoms with Crippen molar-refractivity contribution in [1.29, 1.82) is 0 Å². The van der Waals surface area contributed by atoms with Crippen LogP contribution in [0.3, 0.4) is 0 Å². The van der Waals surface area contributed by atoms with E-state index in [-0.39, 0.29) is 36.1 Å². The first-order valence-corrected chi connectivity index (χ1v) is 10.0. The van der Waals surface area contributed by atoms with Crippen LogP contribution in [0.15, 0.2) is 35.2 Å². The molecule has 0 aliphatic heterocycles. The zero-order valence-electron chi connectivity index (χ0n) is 17.4. The highest BCUT2D eigenvalue weighted by atomic mass is 79.9. The van der Waals surface area contributed by atoms with Crippen molar-refractivity contribution in [3.05, 3.63) is 50.9 Å². The molecule has 1 heterocycles. The summed E-state index contributed by atoms with van der Waals surface area (Å²) in [6, 6.07) is 5.10. The van der Waals surface area contributed by atoms with E-state index >= 15 is 0 Å². The Bertz CT molecular complexity index is 941. The highest BCUT2D eigenvalue weighted by molar-refractivity contribution is 9.10. The lowest BCUT2D eigenvalue weighted by Crippen LogP contribution is -2.31. The van der Waals surface area contributed by atoms with Crippen LogP contribution in [0, 0.1) is 15.5 Å².